The van der Waals surface area contributed by atoms with E-state index in [1.807, 2.05) is 29.8 Å². The zero-order valence-electron chi connectivity index (χ0n) is 24.2. The average Bonchev–Trinajstić information content (AvgIpc) is 3.64. The number of aromatic nitrogens is 4. The number of pyridine rings is 1. The Hall–Kier alpha value is -3.67. The lowest BCUT2D eigenvalue weighted by Gasteiger charge is -2.22. The second-order valence-corrected chi connectivity index (χ2v) is 12.4. The first-order valence-electron chi connectivity index (χ1n) is 14.5. The van der Waals surface area contributed by atoms with Crippen LogP contribution >= 0.6 is 11.3 Å². The van der Waals surface area contributed by atoms with Crippen LogP contribution in [0.2, 0.25) is 0 Å². The number of nitrogens with one attached hydrogen (secondary N) is 1. The highest BCUT2D eigenvalue weighted by Crippen LogP contribution is 2.31. The van der Waals surface area contributed by atoms with Crippen molar-refractivity contribution in [3.05, 3.63) is 68.5 Å². The summed E-state index contributed by atoms with van der Waals surface area (Å²) in [7, 11) is 2.10. The van der Waals surface area contributed by atoms with Gasteiger partial charge in [-0.25, -0.2) is 9.97 Å². The van der Waals surface area contributed by atoms with Crippen LogP contribution in [-0.4, -0.2) is 69.7 Å². The normalized spacial score (nSPS) is 18.1. The molecule has 1 unspecified atom stereocenters. The first kappa shape index (κ1) is 28.4. The molecule has 220 valence electrons. The summed E-state index contributed by atoms with van der Waals surface area (Å²) in [6, 6.07) is 9.35. The molecule has 0 bridgehead atoms. The van der Waals surface area contributed by atoms with E-state index in [4.69, 9.17) is 14.5 Å². The number of carbonyl (C=O) groups is 1. The predicted molar refractivity (Wildman–Crippen MR) is 163 cm³/mol. The molecule has 0 aliphatic carbocycles. The fourth-order valence-electron chi connectivity index (χ4n) is 5.63. The Bertz CT molecular complexity index is 1630. The quantitative estimate of drug-likeness (QED) is 0.274. The number of Topliss-reactive ketones (excluding diaryl/α,β-unsaturated/α-hetero) is 1. The number of ketones is 1. The molecule has 2 fully saturated rings. The van der Waals surface area contributed by atoms with E-state index in [1.54, 1.807) is 30.7 Å². The van der Waals surface area contributed by atoms with Gasteiger partial charge in [0.1, 0.15) is 17.5 Å². The molecule has 0 spiro atoms. The van der Waals surface area contributed by atoms with Crippen molar-refractivity contribution in [1.82, 2.24) is 24.4 Å². The number of likely N-dealkylation sites (N-methyl/N-ethyl adjacent to an activating group) is 1. The number of hydrogen-bond acceptors (Lipinski definition) is 10. The minimum atomic E-state index is -0.351. The standard InChI is InChI=1S/C31H36N6O4S/c1-19(2)28(38)25-14-21-15-32-31(34-22-4-6-23(7-5-22)41-24-8-11-36(3)16-24)35-29(21)37(30(25)39)17-26-27(33-18-42-26)20-9-12-40-13-10-20/h4-7,14-15,18-20,24H,8-13,16-17H2,1-3H3,(H,32,34,35). The van der Waals surface area contributed by atoms with E-state index >= 15 is 0 Å². The van der Waals surface area contributed by atoms with Gasteiger partial charge in [0.15, 0.2) is 5.78 Å². The molecule has 0 amide bonds. The van der Waals surface area contributed by atoms with Crippen LogP contribution in [0.1, 0.15) is 60.0 Å². The van der Waals surface area contributed by atoms with Crippen molar-refractivity contribution in [3.8, 4) is 5.75 Å². The number of thiazole rings is 1. The monoisotopic (exact) mass is 588 g/mol. The van der Waals surface area contributed by atoms with Gasteiger partial charge in [-0.15, -0.1) is 11.3 Å². The van der Waals surface area contributed by atoms with E-state index in [0.29, 0.717) is 30.2 Å². The Balaban J connectivity index is 1.31. The van der Waals surface area contributed by atoms with E-state index < -0.39 is 0 Å². The molecule has 11 heteroatoms. The van der Waals surface area contributed by atoms with Gasteiger partial charge >= 0.3 is 0 Å². The molecule has 0 saturated carbocycles. The van der Waals surface area contributed by atoms with Crippen LogP contribution in [0.4, 0.5) is 11.6 Å². The zero-order valence-corrected chi connectivity index (χ0v) is 25.0. The lowest BCUT2D eigenvalue weighted by molar-refractivity contribution is 0.0844. The van der Waals surface area contributed by atoms with Crippen LogP contribution < -0.4 is 15.6 Å². The number of carbonyl (C=O) groups excluding carboxylic acids is 1. The third-order valence-electron chi connectivity index (χ3n) is 7.96. The largest absolute Gasteiger partial charge is 0.489 e. The summed E-state index contributed by atoms with van der Waals surface area (Å²) in [5, 5.41) is 3.89. The topological polar surface area (TPSA) is 111 Å². The van der Waals surface area contributed by atoms with Gasteiger partial charge in [0.2, 0.25) is 5.95 Å². The van der Waals surface area contributed by atoms with E-state index in [1.165, 1.54) is 11.3 Å². The Morgan fingerprint density at radius 1 is 1.17 bits per heavy atom. The van der Waals surface area contributed by atoms with Gasteiger partial charge in [-0.05, 0) is 56.6 Å². The number of benzene rings is 1. The molecule has 0 radical (unpaired) electrons. The SMILES string of the molecule is CC(C)C(=O)c1cc2cnc(Nc3ccc(OC4CCN(C)C4)cc3)nc2n(Cc2scnc2C2CCOCC2)c1=O. The fraction of sp³-hybridized carbons (Fsp3) is 0.452. The van der Waals surface area contributed by atoms with Gasteiger partial charge in [0.25, 0.3) is 5.56 Å². The van der Waals surface area contributed by atoms with Crippen molar-refractivity contribution in [2.24, 2.45) is 5.92 Å². The molecule has 1 N–H and O–H groups in total. The molecule has 1 atom stereocenters. The number of nitrogens with zero attached hydrogens (tertiary/aromatic N) is 5. The van der Waals surface area contributed by atoms with E-state index in [2.05, 4.69) is 27.2 Å². The second-order valence-electron chi connectivity index (χ2n) is 11.4. The lowest BCUT2D eigenvalue weighted by Crippen LogP contribution is -2.29. The van der Waals surface area contributed by atoms with Crippen LogP contribution in [0.15, 0.2) is 46.8 Å². The molecule has 2 saturated heterocycles. The van der Waals surface area contributed by atoms with Crippen LogP contribution in [0.3, 0.4) is 0 Å². The average molecular weight is 589 g/mol. The van der Waals surface area contributed by atoms with Gasteiger partial charge in [0.05, 0.1) is 23.3 Å². The number of ether oxygens (including phenoxy) is 2. The highest BCUT2D eigenvalue weighted by molar-refractivity contribution is 7.09. The molecular formula is C31H36N6O4S. The highest BCUT2D eigenvalue weighted by atomic mass is 32.1. The van der Waals surface area contributed by atoms with Gasteiger partial charge < -0.3 is 19.7 Å². The number of hydrogen-bond donors (Lipinski definition) is 1. The highest BCUT2D eigenvalue weighted by Gasteiger charge is 2.25. The summed E-state index contributed by atoms with van der Waals surface area (Å²) < 4.78 is 13.3. The minimum Gasteiger partial charge on any atom is -0.489 e. The molecular weight excluding hydrogens is 552 g/mol. The summed E-state index contributed by atoms with van der Waals surface area (Å²) in [4.78, 5) is 44.1. The Morgan fingerprint density at radius 3 is 2.67 bits per heavy atom. The van der Waals surface area contributed by atoms with Crippen LogP contribution in [0.5, 0.6) is 5.75 Å². The predicted octanol–water partition coefficient (Wildman–Crippen LogP) is 4.86. The molecule has 42 heavy (non-hydrogen) atoms. The summed E-state index contributed by atoms with van der Waals surface area (Å²) in [6.45, 7) is 7.26. The number of likely N-dealkylation sites (tertiary alicyclic amines) is 1. The molecule has 4 aromatic rings. The fourth-order valence-corrected chi connectivity index (χ4v) is 6.46. The van der Waals surface area contributed by atoms with Crippen molar-refractivity contribution in [2.75, 3.05) is 38.7 Å². The third kappa shape index (κ3) is 6.08. The Labute approximate surface area is 248 Å². The maximum Gasteiger partial charge on any atom is 0.263 e. The maximum absolute atomic E-state index is 13.8. The van der Waals surface area contributed by atoms with Crippen molar-refractivity contribution >= 4 is 39.8 Å². The van der Waals surface area contributed by atoms with Crippen molar-refractivity contribution in [1.29, 1.82) is 0 Å². The summed E-state index contributed by atoms with van der Waals surface area (Å²) in [6.07, 6.45) is 4.68. The van der Waals surface area contributed by atoms with Gasteiger partial charge in [-0.1, -0.05) is 13.8 Å². The van der Waals surface area contributed by atoms with Crippen molar-refractivity contribution < 1.29 is 14.3 Å². The van der Waals surface area contributed by atoms with Gasteiger partial charge in [-0.2, -0.15) is 4.98 Å². The number of fused-ring (bicyclic) bond motifs is 1. The summed E-state index contributed by atoms with van der Waals surface area (Å²) in [5.41, 5.74) is 3.91. The number of anilines is 2. The third-order valence-corrected chi connectivity index (χ3v) is 8.79. The molecule has 10 nitrogen and oxygen atoms in total. The first-order valence-corrected chi connectivity index (χ1v) is 15.4. The summed E-state index contributed by atoms with van der Waals surface area (Å²) in [5.74, 6) is 0.961. The lowest BCUT2D eigenvalue weighted by atomic mass is 9.95. The Kier molecular flexibility index (Phi) is 8.32. The minimum absolute atomic E-state index is 0.156. The number of rotatable bonds is 9. The molecule has 6 rings (SSSR count). The molecule has 1 aromatic carbocycles. The Morgan fingerprint density at radius 2 is 1.95 bits per heavy atom. The van der Waals surface area contributed by atoms with Gasteiger partial charge in [-0.3, -0.25) is 14.2 Å². The second kappa shape index (κ2) is 12.3. The van der Waals surface area contributed by atoms with E-state index in [0.717, 1.165) is 54.4 Å². The molecule has 2 aliphatic rings. The molecule has 5 heterocycles. The van der Waals surface area contributed by atoms with Crippen molar-refractivity contribution in [2.45, 2.75) is 51.7 Å². The summed E-state index contributed by atoms with van der Waals surface area (Å²) >= 11 is 1.53. The van der Waals surface area contributed by atoms with Crippen molar-refractivity contribution in [3.63, 3.8) is 0 Å². The zero-order chi connectivity index (χ0) is 29.2. The van der Waals surface area contributed by atoms with Crippen LogP contribution in [-0.2, 0) is 11.3 Å². The molecule has 2 aliphatic heterocycles. The van der Waals surface area contributed by atoms with E-state index in [-0.39, 0.29) is 41.4 Å². The maximum atomic E-state index is 13.8. The van der Waals surface area contributed by atoms with Crippen LogP contribution in [0.25, 0.3) is 11.0 Å². The van der Waals surface area contributed by atoms with E-state index in [9.17, 15) is 9.59 Å². The van der Waals surface area contributed by atoms with Crippen LogP contribution in [0, 0.1) is 5.92 Å². The molecule has 3 aromatic heterocycles. The van der Waals surface area contributed by atoms with Gasteiger partial charge in [0, 0.05) is 60.3 Å². The smallest absolute Gasteiger partial charge is 0.263 e. The first-order chi connectivity index (χ1) is 20.4.